The van der Waals surface area contributed by atoms with Gasteiger partial charge < -0.3 is 5.11 Å². The maximum absolute atomic E-state index is 10.2. The molecule has 1 N–H and O–H groups in total. The van der Waals surface area contributed by atoms with Gasteiger partial charge in [0, 0.05) is 30.0 Å². The molecular formula is C23H19Cl3N2O. The first-order valence-electron chi connectivity index (χ1n) is 9.32. The van der Waals surface area contributed by atoms with Crippen LogP contribution >= 0.6 is 34.8 Å². The number of fused-ring (bicyclic) bond motifs is 1. The third-order valence-corrected chi connectivity index (χ3v) is 6.00. The van der Waals surface area contributed by atoms with E-state index in [-0.39, 0.29) is 10.8 Å². The summed E-state index contributed by atoms with van der Waals surface area (Å²) in [4.78, 5) is 6.87. The van der Waals surface area contributed by atoms with Crippen LogP contribution in [0.25, 0.3) is 17.0 Å². The van der Waals surface area contributed by atoms with Crippen molar-refractivity contribution in [2.75, 3.05) is 13.1 Å². The van der Waals surface area contributed by atoms with Gasteiger partial charge in [-0.3, -0.25) is 4.90 Å². The molecule has 4 rings (SSSR count). The molecule has 0 atom stereocenters. The van der Waals surface area contributed by atoms with Crippen LogP contribution in [0.15, 0.2) is 60.2 Å². The fourth-order valence-corrected chi connectivity index (χ4v) is 4.10. The molecular weight excluding hydrogens is 427 g/mol. The van der Waals surface area contributed by atoms with Crippen LogP contribution in [-0.4, -0.2) is 28.1 Å². The van der Waals surface area contributed by atoms with E-state index in [1.165, 1.54) is 11.6 Å². The number of hydrogen-bond acceptors (Lipinski definition) is 3. The SMILES string of the molecule is Oc1c(Cl)cc(Cl)c2ccc(/C=C/C3=CCN(Cc4ccccc4Cl)CC3)nc12. The minimum Gasteiger partial charge on any atom is -0.504 e. The second-order valence-corrected chi connectivity index (χ2v) is 8.23. The van der Waals surface area contributed by atoms with Crippen molar-refractivity contribution in [1.29, 1.82) is 0 Å². The van der Waals surface area contributed by atoms with E-state index < -0.39 is 0 Å². The average Bonchev–Trinajstić information content (AvgIpc) is 2.73. The van der Waals surface area contributed by atoms with Crippen molar-refractivity contribution in [3.63, 3.8) is 0 Å². The zero-order valence-corrected chi connectivity index (χ0v) is 17.8. The van der Waals surface area contributed by atoms with E-state index in [1.54, 1.807) is 0 Å². The number of aromatic hydroxyl groups is 1. The Bertz CT molecular complexity index is 1120. The summed E-state index contributed by atoms with van der Waals surface area (Å²) in [6.07, 6.45) is 7.20. The van der Waals surface area contributed by atoms with Crippen molar-refractivity contribution in [2.45, 2.75) is 13.0 Å². The number of benzene rings is 2. The molecule has 0 spiro atoms. The summed E-state index contributed by atoms with van der Waals surface area (Å²) in [7, 11) is 0. The van der Waals surface area contributed by atoms with Crippen LogP contribution in [-0.2, 0) is 6.54 Å². The van der Waals surface area contributed by atoms with Gasteiger partial charge in [0.05, 0.1) is 15.7 Å². The lowest BCUT2D eigenvalue weighted by Crippen LogP contribution is -2.28. The number of aromatic nitrogens is 1. The molecule has 3 aromatic rings. The molecule has 0 aliphatic carbocycles. The molecule has 1 aliphatic rings. The summed E-state index contributed by atoms with van der Waals surface area (Å²) in [5.41, 5.74) is 3.56. The molecule has 2 heterocycles. The zero-order chi connectivity index (χ0) is 20.4. The highest BCUT2D eigenvalue weighted by Gasteiger charge is 2.13. The largest absolute Gasteiger partial charge is 0.504 e. The van der Waals surface area contributed by atoms with Gasteiger partial charge in [0.2, 0.25) is 0 Å². The second kappa shape index (κ2) is 8.76. The lowest BCUT2D eigenvalue weighted by Gasteiger charge is -2.25. The highest BCUT2D eigenvalue weighted by atomic mass is 35.5. The Hall–Kier alpha value is -2.04. The minimum absolute atomic E-state index is 0.0478. The van der Waals surface area contributed by atoms with Crippen molar-refractivity contribution in [3.8, 4) is 5.75 Å². The molecule has 6 heteroatoms. The third kappa shape index (κ3) is 4.59. The molecule has 0 bridgehead atoms. The fourth-order valence-electron chi connectivity index (χ4n) is 3.39. The number of nitrogens with zero attached hydrogens (tertiary/aromatic N) is 2. The Morgan fingerprint density at radius 2 is 1.83 bits per heavy atom. The highest BCUT2D eigenvalue weighted by molar-refractivity contribution is 6.39. The van der Waals surface area contributed by atoms with E-state index in [1.807, 2.05) is 36.4 Å². The third-order valence-electron chi connectivity index (χ3n) is 5.03. The second-order valence-electron chi connectivity index (χ2n) is 7.01. The van der Waals surface area contributed by atoms with E-state index in [4.69, 9.17) is 34.8 Å². The average molecular weight is 446 g/mol. The van der Waals surface area contributed by atoms with Gasteiger partial charge in [-0.05, 0) is 47.9 Å². The maximum Gasteiger partial charge on any atom is 0.160 e. The highest BCUT2D eigenvalue weighted by Crippen LogP contribution is 2.36. The standard InChI is InChI=1S/C23H19Cl3N2O/c24-19-4-2-1-3-16(19)14-28-11-9-15(10-12-28)5-6-17-7-8-18-20(25)13-21(26)23(29)22(18)27-17/h1-9,13,29H,10-12,14H2/b6-5+. The van der Waals surface area contributed by atoms with Crippen molar-refractivity contribution >= 4 is 51.8 Å². The summed E-state index contributed by atoms with van der Waals surface area (Å²) < 4.78 is 0. The van der Waals surface area contributed by atoms with E-state index in [0.29, 0.717) is 15.9 Å². The molecule has 2 aromatic carbocycles. The van der Waals surface area contributed by atoms with E-state index in [0.717, 1.165) is 42.3 Å². The zero-order valence-electron chi connectivity index (χ0n) is 15.6. The molecule has 1 aliphatic heterocycles. The quantitative estimate of drug-likeness (QED) is 0.483. The molecule has 0 saturated carbocycles. The first-order chi connectivity index (χ1) is 14.0. The molecule has 148 valence electrons. The van der Waals surface area contributed by atoms with Gasteiger partial charge in [0.15, 0.2) is 5.75 Å². The lowest BCUT2D eigenvalue weighted by molar-refractivity contribution is 0.287. The minimum atomic E-state index is -0.0478. The molecule has 0 fully saturated rings. The van der Waals surface area contributed by atoms with E-state index in [2.05, 4.69) is 28.1 Å². The van der Waals surface area contributed by atoms with Crippen molar-refractivity contribution in [1.82, 2.24) is 9.88 Å². The normalized spacial score (nSPS) is 15.2. The topological polar surface area (TPSA) is 36.4 Å². The number of halogens is 3. The number of allylic oxidation sites excluding steroid dienone is 1. The molecule has 0 amide bonds. The van der Waals surface area contributed by atoms with Crippen LogP contribution in [0.1, 0.15) is 17.7 Å². The summed E-state index contributed by atoms with van der Waals surface area (Å²) >= 11 is 18.5. The van der Waals surface area contributed by atoms with Crippen LogP contribution in [0.2, 0.25) is 15.1 Å². The summed E-state index contributed by atoms with van der Waals surface area (Å²) in [5, 5.41) is 12.4. The van der Waals surface area contributed by atoms with Crippen LogP contribution in [0.4, 0.5) is 0 Å². The molecule has 0 unspecified atom stereocenters. The molecule has 1 aromatic heterocycles. The van der Waals surface area contributed by atoms with Gasteiger partial charge in [-0.25, -0.2) is 4.98 Å². The number of hydrogen-bond donors (Lipinski definition) is 1. The number of pyridine rings is 1. The Morgan fingerprint density at radius 1 is 1.00 bits per heavy atom. The summed E-state index contributed by atoms with van der Waals surface area (Å²) in [6, 6.07) is 13.2. The van der Waals surface area contributed by atoms with Crippen molar-refractivity contribution < 1.29 is 5.11 Å². The van der Waals surface area contributed by atoms with E-state index >= 15 is 0 Å². The van der Waals surface area contributed by atoms with Crippen molar-refractivity contribution in [2.24, 2.45) is 0 Å². The Balaban J connectivity index is 1.46. The molecule has 29 heavy (non-hydrogen) atoms. The first-order valence-corrected chi connectivity index (χ1v) is 10.5. The van der Waals surface area contributed by atoms with Gasteiger partial charge >= 0.3 is 0 Å². The Morgan fingerprint density at radius 3 is 2.59 bits per heavy atom. The Labute approximate surface area is 184 Å². The van der Waals surface area contributed by atoms with Crippen LogP contribution in [0, 0.1) is 0 Å². The lowest BCUT2D eigenvalue weighted by atomic mass is 10.1. The van der Waals surface area contributed by atoms with Gasteiger partial charge in [0.25, 0.3) is 0 Å². The summed E-state index contributed by atoms with van der Waals surface area (Å²) in [6.45, 7) is 2.70. The van der Waals surface area contributed by atoms with Crippen molar-refractivity contribution in [3.05, 3.63) is 86.5 Å². The predicted molar refractivity (Wildman–Crippen MR) is 122 cm³/mol. The van der Waals surface area contributed by atoms with Gasteiger partial charge in [-0.15, -0.1) is 0 Å². The monoisotopic (exact) mass is 444 g/mol. The summed E-state index contributed by atoms with van der Waals surface area (Å²) in [5.74, 6) is -0.0478. The number of rotatable bonds is 4. The molecule has 0 saturated heterocycles. The molecule has 3 nitrogen and oxygen atoms in total. The van der Waals surface area contributed by atoms with Crippen LogP contribution in [0.3, 0.4) is 0 Å². The van der Waals surface area contributed by atoms with Gasteiger partial charge in [-0.2, -0.15) is 0 Å². The number of phenols is 1. The van der Waals surface area contributed by atoms with Gasteiger partial charge in [0.1, 0.15) is 5.52 Å². The van der Waals surface area contributed by atoms with Gasteiger partial charge in [-0.1, -0.05) is 65.2 Å². The predicted octanol–water partition coefficient (Wildman–Crippen LogP) is 6.75. The first kappa shape index (κ1) is 20.2. The fraction of sp³-hybridized carbons (Fsp3) is 0.174. The maximum atomic E-state index is 10.2. The smallest absolute Gasteiger partial charge is 0.160 e. The van der Waals surface area contributed by atoms with Crippen LogP contribution in [0.5, 0.6) is 5.75 Å². The van der Waals surface area contributed by atoms with E-state index in [9.17, 15) is 5.11 Å². The number of phenolic OH excluding ortho intramolecular Hbond substituents is 1. The Kier molecular flexibility index (Phi) is 6.12. The molecule has 0 radical (unpaired) electrons. The van der Waals surface area contributed by atoms with Crippen LogP contribution < -0.4 is 0 Å².